The number of hydrogen-bond donors (Lipinski definition) is 1. The highest BCUT2D eigenvalue weighted by Crippen LogP contribution is 2.28. The van der Waals surface area contributed by atoms with E-state index in [2.05, 4.69) is 22.5 Å². The van der Waals surface area contributed by atoms with E-state index in [0.717, 1.165) is 39.3 Å². The van der Waals surface area contributed by atoms with Crippen molar-refractivity contribution in [1.82, 2.24) is 25.0 Å². The zero-order valence-electron chi connectivity index (χ0n) is 18.1. The summed E-state index contributed by atoms with van der Waals surface area (Å²) < 4.78 is 1.71. The van der Waals surface area contributed by atoms with Crippen molar-refractivity contribution in [2.45, 2.75) is 20.4 Å². The van der Waals surface area contributed by atoms with Crippen molar-refractivity contribution < 1.29 is 4.79 Å². The molecule has 3 aromatic rings. The molecule has 0 saturated carbocycles. The highest BCUT2D eigenvalue weighted by Gasteiger charge is 2.27. The Morgan fingerprint density at radius 1 is 1.26 bits per heavy atom. The number of carbonyl (C=O) groups is 1. The summed E-state index contributed by atoms with van der Waals surface area (Å²) >= 11 is 1.67. The molecule has 9 heteroatoms. The molecule has 1 N–H and O–H groups in total. The van der Waals surface area contributed by atoms with Crippen LogP contribution in [0.5, 0.6) is 0 Å². The Labute approximate surface area is 186 Å². The summed E-state index contributed by atoms with van der Waals surface area (Å²) in [6.07, 6.45) is 3.59. The SMILES string of the molecule is CCNC(=NCc1sc(-c2ccccc2)nc1C)N1CCN(c2cnn(C)c2)C(=O)C1. The highest BCUT2D eigenvalue weighted by atomic mass is 32.1. The lowest BCUT2D eigenvalue weighted by Crippen LogP contribution is -2.55. The van der Waals surface area contributed by atoms with Crippen LogP contribution in [-0.4, -0.2) is 57.7 Å². The Morgan fingerprint density at radius 3 is 2.74 bits per heavy atom. The molecule has 1 amide bonds. The van der Waals surface area contributed by atoms with E-state index in [-0.39, 0.29) is 12.5 Å². The molecule has 0 aliphatic carbocycles. The second kappa shape index (κ2) is 9.30. The number of nitrogens with one attached hydrogen (secondary N) is 1. The molecule has 31 heavy (non-hydrogen) atoms. The number of aromatic nitrogens is 3. The molecule has 0 atom stereocenters. The van der Waals surface area contributed by atoms with Gasteiger partial charge in [0.2, 0.25) is 5.91 Å². The molecule has 1 saturated heterocycles. The average molecular weight is 438 g/mol. The van der Waals surface area contributed by atoms with E-state index in [0.29, 0.717) is 19.6 Å². The van der Waals surface area contributed by atoms with Crippen molar-refractivity contribution in [1.29, 1.82) is 0 Å². The third kappa shape index (κ3) is 4.77. The van der Waals surface area contributed by atoms with Crippen molar-refractivity contribution in [3.05, 3.63) is 53.3 Å². The van der Waals surface area contributed by atoms with Gasteiger partial charge < -0.3 is 15.1 Å². The van der Waals surface area contributed by atoms with Crippen LogP contribution in [0.4, 0.5) is 5.69 Å². The zero-order chi connectivity index (χ0) is 21.8. The minimum absolute atomic E-state index is 0.0465. The number of piperazine rings is 1. The van der Waals surface area contributed by atoms with Crippen LogP contribution in [0.1, 0.15) is 17.5 Å². The fourth-order valence-corrected chi connectivity index (χ4v) is 4.52. The van der Waals surface area contributed by atoms with Crippen molar-refractivity contribution >= 4 is 28.9 Å². The van der Waals surface area contributed by atoms with E-state index in [1.54, 1.807) is 27.1 Å². The topological polar surface area (TPSA) is 78.7 Å². The summed E-state index contributed by atoms with van der Waals surface area (Å²) in [5.41, 5.74) is 2.96. The van der Waals surface area contributed by atoms with Gasteiger partial charge >= 0.3 is 0 Å². The van der Waals surface area contributed by atoms with Crippen LogP contribution in [0.15, 0.2) is 47.7 Å². The van der Waals surface area contributed by atoms with Crippen molar-refractivity contribution in [3.8, 4) is 10.6 Å². The normalized spacial score (nSPS) is 14.9. The summed E-state index contributed by atoms with van der Waals surface area (Å²) in [7, 11) is 1.85. The Morgan fingerprint density at radius 2 is 2.06 bits per heavy atom. The number of nitrogens with zero attached hydrogens (tertiary/aromatic N) is 6. The molecular formula is C22H27N7OS. The first-order chi connectivity index (χ1) is 15.0. The highest BCUT2D eigenvalue weighted by molar-refractivity contribution is 7.15. The van der Waals surface area contributed by atoms with Crippen LogP contribution in [0, 0.1) is 6.92 Å². The van der Waals surface area contributed by atoms with Gasteiger partial charge in [-0.1, -0.05) is 30.3 Å². The predicted octanol–water partition coefficient (Wildman–Crippen LogP) is 2.67. The number of rotatable bonds is 5. The van der Waals surface area contributed by atoms with E-state index >= 15 is 0 Å². The van der Waals surface area contributed by atoms with Crippen LogP contribution in [-0.2, 0) is 18.4 Å². The lowest BCUT2D eigenvalue weighted by atomic mass is 10.2. The molecule has 0 unspecified atom stereocenters. The molecule has 4 rings (SSSR count). The molecule has 2 aromatic heterocycles. The molecule has 0 spiro atoms. The average Bonchev–Trinajstić information content (AvgIpc) is 3.37. The summed E-state index contributed by atoms with van der Waals surface area (Å²) in [4.78, 5) is 27.3. The van der Waals surface area contributed by atoms with Gasteiger partial charge in [0.1, 0.15) is 11.6 Å². The number of carbonyl (C=O) groups excluding carboxylic acids is 1. The van der Waals surface area contributed by atoms with Crippen LogP contribution in [0.2, 0.25) is 0 Å². The van der Waals surface area contributed by atoms with E-state index < -0.39 is 0 Å². The molecule has 0 bridgehead atoms. The van der Waals surface area contributed by atoms with Crippen LogP contribution < -0.4 is 10.2 Å². The van der Waals surface area contributed by atoms with Crippen LogP contribution in [0.3, 0.4) is 0 Å². The Kier molecular flexibility index (Phi) is 6.31. The summed E-state index contributed by atoms with van der Waals surface area (Å²) in [5.74, 6) is 0.806. The maximum Gasteiger partial charge on any atom is 0.246 e. The third-order valence-corrected chi connectivity index (χ3v) is 6.34. The quantitative estimate of drug-likeness (QED) is 0.490. The maximum absolute atomic E-state index is 12.8. The van der Waals surface area contributed by atoms with Gasteiger partial charge in [0.25, 0.3) is 0 Å². The summed E-state index contributed by atoms with van der Waals surface area (Å²) in [5, 5.41) is 8.51. The Hall–Kier alpha value is -3.20. The first-order valence-corrected chi connectivity index (χ1v) is 11.2. The fourth-order valence-electron chi connectivity index (χ4n) is 3.53. The van der Waals surface area contributed by atoms with E-state index in [9.17, 15) is 4.79 Å². The van der Waals surface area contributed by atoms with Crippen LogP contribution >= 0.6 is 11.3 Å². The molecular weight excluding hydrogens is 410 g/mol. The lowest BCUT2D eigenvalue weighted by Gasteiger charge is -2.35. The molecule has 0 radical (unpaired) electrons. The van der Waals surface area contributed by atoms with Gasteiger partial charge in [0, 0.05) is 43.3 Å². The minimum atomic E-state index is 0.0465. The monoisotopic (exact) mass is 437 g/mol. The van der Waals surface area contributed by atoms with Gasteiger partial charge in [0.05, 0.1) is 24.1 Å². The van der Waals surface area contributed by atoms with E-state index in [4.69, 9.17) is 9.98 Å². The fraction of sp³-hybridized carbons (Fsp3) is 0.364. The van der Waals surface area contributed by atoms with Crippen LogP contribution in [0.25, 0.3) is 10.6 Å². The lowest BCUT2D eigenvalue weighted by molar-refractivity contribution is -0.120. The molecule has 8 nitrogen and oxygen atoms in total. The molecule has 3 heterocycles. The number of anilines is 1. The number of amides is 1. The van der Waals surface area contributed by atoms with E-state index in [1.807, 2.05) is 50.2 Å². The van der Waals surface area contributed by atoms with Gasteiger partial charge in [-0.25, -0.2) is 9.98 Å². The summed E-state index contributed by atoms with van der Waals surface area (Å²) in [6.45, 7) is 6.95. The summed E-state index contributed by atoms with van der Waals surface area (Å²) in [6, 6.07) is 10.2. The number of benzene rings is 1. The molecule has 1 fully saturated rings. The zero-order valence-corrected chi connectivity index (χ0v) is 18.9. The second-order valence-electron chi connectivity index (χ2n) is 7.40. The standard InChI is InChI=1S/C22H27N7OS/c1-4-23-22(28-10-11-29(20(30)15-28)18-12-25-27(3)14-18)24-13-19-16(2)26-21(31-19)17-8-6-5-7-9-17/h5-9,12,14H,4,10-11,13,15H2,1-3H3,(H,23,24). The molecule has 1 aliphatic rings. The van der Waals surface area contributed by atoms with Gasteiger partial charge in [-0.2, -0.15) is 5.10 Å². The first kappa shape index (κ1) is 21.0. The maximum atomic E-state index is 12.8. The molecule has 1 aromatic carbocycles. The minimum Gasteiger partial charge on any atom is -0.356 e. The number of hydrogen-bond acceptors (Lipinski definition) is 5. The number of thiazole rings is 1. The predicted molar refractivity (Wildman–Crippen MR) is 124 cm³/mol. The van der Waals surface area contributed by atoms with E-state index in [1.165, 1.54) is 0 Å². The van der Waals surface area contributed by atoms with Gasteiger partial charge in [-0.3, -0.25) is 9.48 Å². The largest absolute Gasteiger partial charge is 0.356 e. The van der Waals surface area contributed by atoms with Crippen molar-refractivity contribution in [2.24, 2.45) is 12.0 Å². The number of aliphatic imine (C=N–C) groups is 1. The Bertz CT molecular complexity index is 1070. The van der Waals surface area contributed by atoms with Crippen molar-refractivity contribution in [2.75, 3.05) is 31.1 Å². The first-order valence-electron chi connectivity index (χ1n) is 10.4. The third-order valence-electron chi connectivity index (χ3n) is 5.14. The van der Waals surface area contributed by atoms with Gasteiger partial charge in [-0.15, -0.1) is 11.3 Å². The van der Waals surface area contributed by atoms with Gasteiger partial charge in [0.15, 0.2) is 5.96 Å². The molecule has 162 valence electrons. The molecule has 1 aliphatic heterocycles. The van der Waals surface area contributed by atoms with Gasteiger partial charge in [-0.05, 0) is 13.8 Å². The number of aryl methyl sites for hydroxylation is 2. The smallest absolute Gasteiger partial charge is 0.246 e. The van der Waals surface area contributed by atoms with Crippen molar-refractivity contribution in [3.63, 3.8) is 0 Å². The Balaban J connectivity index is 1.47. The second-order valence-corrected chi connectivity index (χ2v) is 8.49. The number of guanidine groups is 1.